The standard InChI is InChI=1S/C16H16N4OS/c1-2-3-9-14-19-20-16(22-14)18-15(21)13(11-17)10-12-7-5-4-6-8-12/h4-8,10H,2-3,9H2,1H3,(H,18,20,21)/b13-10-. The van der Waals surface area contributed by atoms with Gasteiger partial charge in [-0.05, 0) is 18.1 Å². The highest BCUT2D eigenvalue weighted by Gasteiger charge is 2.12. The predicted molar refractivity (Wildman–Crippen MR) is 87.2 cm³/mol. The van der Waals surface area contributed by atoms with E-state index < -0.39 is 5.91 Å². The van der Waals surface area contributed by atoms with E-state index in [2.05, 4.69) is 22.4 Å². The van der Waals surface area contributed by atoms with E-state index in [-0.39, 0.29) is 5.57 Å². The van der Waals surface area contributed by atoms with Crippen LogP contribution in [0.25, 0.3) is 6.08 Å². The number of benzene rings is 1. The number of rotatable bonds is 6. The lowest BCUT2D eigenvalue weighted by atomic mass is 10.1. The number of hydrogen-bond donors (Lipinski definition) is 1. The summed E-state index contributed by atoms with van der Waals surface area (Å²) in [6, 6.07) is 11.2. The number of nitrogens with zero attached hydrogens (tertiary/aromatic N) is 3. The van der Waals surface area contributed by atoms with Gasteiger partial charge >= 0.3 is 0 Å². The molecule has 0 aliphatic carbocycles. The van der Waals surface area contributed by atoms with Gasteiger partial charge in [-0.15, -0.1) is 10.2 Å². The van der Waals surface area contributed by atoms with E-state index in [1.165, 1.54) is 11.3 Å². The van der Waals surface area contributed by atoms with E-state index in [1.807, 2.05) is 36.4 Å². The zero-order valence-electron chi connectivity index (χ0n) is 12.2. The summed E-state index contributed by atoms with van der Waals surface area (Å²) in [5, 5.41) is 21.0. The van der Waals surface area contributed by atoms with Gasteiger partial charge in [0.25, 0.3) is 5.91 Å². The van der Waals surface area contributed by atoms with E-state index in [0.717, 1.165) is 29.8 Å². The fourth-order valence-corrected chi connectivity index (χ4v) is 2.54. The fourth-order valence-electron chi connectivity index (χ4n) is 1.76. The van der Waals surface area contributed by atoms with Gasteiger partial charge in [0.15, 0.2) is 0 Å². The highest BCUT2D eigenvalue weighted by Crippen LogP contribution is 2.18. The molecular formula is C16H16N4OS. The molecule has 0 aliphatic rings. The molecule has 1 N–H and O–H groups in total. The monoisotopic (exact) mass is 312 g/mol. The molecule has 2 rings (SSSR count). The molecule has 1 aromatic carbocycles. The van der Waals surface area contributed by atoms with Gasteiger partial charge in [-0.2, -0.15) is 5.26 Å². The molecular weight excluding hydrogens is 296 g/mol. The smallest absolute Gasteiger partial charge is 0.268 e. The van der Waals surface area contributed by atoms with Crippen LogP contribution in [-0.4, -0.2) is 16.1 Å². The van der Waals surface area contributed by atoms with Crippen molar-refractivity contribution in [3.05, 3.63) is 46.5 Å². The first-order chi connectivity index (χ1) is 10.7. The first-order valence-corrected chi connectivity index (χ1v) is 7.85. The van der Waals surface area contributed by atoms with Crippen molar-refractivity contribution in [2.24, 2.45) is 0 Å². The first kappa shape index (κ1) is 15.9. The van der Waals surface area contributed by atoms with Gasteiger partial charge in [0.1, 0.15) is 16.6 Å². The molecule has 0 spiro atoms. The molecule has 0 unspecified atom stereocenters. The third kappa shape index (κ3) is 4.50. The highest BCUT2D eigenvalue weighted by molar-refractivity contribution is 7.15. The van der Waals surface area contributed by atoms with Gasteiger partial charge in [0.05, 0.1) is 0 Å². The number of carbonyl (C=O) groups is 1. The van der Waals surface area contributed by atoms with Crippen molar-refractivity contribution in [3.8, 4) is 6.07 Å². The van der Waals surface area contributed by atoms with Crippen LogP contribution in [0.3, 0.4) is 0 Å². The summed E-state index contributed by atoms with van der Waals surface area (Å²) < 4.78 is 0. The topological polar surface area (TPSA) is 78.7 Å². The molecule has 22 heavy (non-hydrogen) atoms. The predicted octanol–water partition coefficient (Wildman–Crippen LogP) is 3.43. The Bertz CT molecular complexity index is 700. The summed E-state index contributed by atoms with van der Waals surface area (Å²) in [6.45, 7) is 2.11. The quantitative estimate of drug-likeness (QED) is 0.654. The van der Waals surface area contributed by atoms with Crippen LogP contribution in [-0.2, 0) is 11.2 Å². The van der Waals surface area contributed by atoms with Crippen molar-refractivity contribution in [1.82, 2.24) is 10.2 Å². The molecule has 1 aromatic heterocycles. The van der Waals surface area contributed by atoms with Gasteiger partial charge in [-0.1, -0.05) is 55.0 Å². The second-order valence-electron chi connectivity index (χ2n) is 4.64. The van der Waals surface area contributed by atoms with Crippen molar-refractivity contribution in [2.75, 3.05) is 5.32 Å². The van der Waals surface area contributed by atoms with E-state index in [1.54, 1.807) is 6.08 Å². The molecule has 0 saturated carbocycles. The van der Waals surface area contributed by atoms with Crippen LogP contribution in [0.1, 0.15) is 30.3 Å². The Hall–Kier alpha value is -2.52. The van der Waals surface area contributed by atoms with E-state index in [9.17, 15) is 4.79 Å². The Balaban J connectivity index is 2.05. The molecule has 0 fully saturated rings. The fraction of sp³-hybridized carbons (Fsp3) is 0.250. The molecule has 1 heterocycles. The Morgan fingerprint density at radius 2 is 2.14 bits per heavy atom. The van der Waals surface area contributed by atoms with Crippen molar-refractivity contribution in [2.45, 2.75) is 26.2 Å². The normalized spacial score (nSPS) is 11.0. The van der Waals surface area contributed by atoms with Crippen molar-refractivity contribution in [1.29, 1.82) is 5.26 Å². The van der Waals surface area contributed by atoms with Crippen LogP contribution < -0.4 is 5.32 Å². The Morgan fingerprint density at radius 3 is 2.82 bits per heavy atom. The third-order valence-electron chi connectivity index (χ3n) is 2.91. The second-order valence-corrected chi connectivity index (χ2v) is 5.70. The number of amides is 1. The van der Waals surface area contributed by atoms with Crippen molar-refractivity contribution >= 4 is 28.5 Å². The molecule has 0 radical (unpaired) electrons. The molecule has 0 saturated heterocycles. The molecule has 5 nitrogen and oxygen atoms in total. The molecule has 0 bridgehead atoms. The van der Waals surface area contributed by atoms with E-state index in [0.29, 0.717) is 5.13 Å². The zero-order valence-corrected chi connectivity index (χ0v) is 13.1. The zero-order chi connectivity index (χ0) is 15.8. The average molecular weight is 312 g/mol. The largest absolute Gasteiger partial charge is 0.296 e. The summed E-state index contributed by atoms with van der Waals surface area (Å²) in [7, 11) is 0. The first-order valence-electron chi connectivity index (χ1n) is 7.03. The molecule has 1 amide bonds. The summed E-state index contributed by atoms with van der Waals surface area (Å²) >= 11 is 1.34. The molecule has 0 atom stereocenters. The number of nitriles is 1. The number of aryl methyl sites for hydroxylation is 1. The van der Waals surface area contributed by atoms with Gasteiger partial charge in [0, 0.05) is 6.42 Å². The average Bonchev–Trinajstić information content (AvgIpc) is 2.98. The number of hydrogen-bond acceptors (Lipinski definition) is 5. The maximum Gasteiger partial charge on any atom is 0.268 e. The van der Waals surface area contributed by atoms with Crippen LogP contribution in [0, 0.1) is 11.3 Å². The summed E-state index contributed by atoms with van der Waals surface area (Å²) in [5.74, 6) is -0.468. The van der Waals surface area contributed by atoms with Crippen molar-refractivity contribution in [3.63, 3.8) is 0 Å². The highest BCUT2D eigenvalue weighted by atomic mass is 32.1. The minimum absolute atomic E-state index is 0.0384. The van der Waals surface area contributed by atoms with E-state index in [4.69, 9.17) is 5.26 Å². The van der Waals surface area contributed by atoms with Crippen LogP contribution in [0.4, 0.5) is 5.13 Å². The number of anilines is 1. The molecule has 2 aromatic rings. The molecule has 112 valence electrons. The van der Waals surface area contributed by atoms with Gasteiger partial charge in [-0.3, -0.25) is 10.1 Å². The number of unbranched alkanes of at least 4 members (excludes halogenated alkanes) is 1. The Labute approximate surface area is 133 Å². The van der Waals surface area contributed by atoms with E-state index >= 15 is 0 Å². The minimum Gasteiger partial charge on any atom is -0.296 e. The van der Waals surface area contributed by atoms with Crippen LogP contribution >= 0.6 is 11.3 Å². The summed E-state index contributed by atoms with van der Waals surface area (Å²) in [6.07, 6.45) is 4.53. The number of aromatic nitrogens is 2. The van der Waals surface area contributed by atoms with Gasteiger partial charge in [0.2, 0.25) is 5.13 Å². The Morgan fingerprint density at radius 1 is 1.36 bits per heavy atom. The Kier molecular flexibility index (Phi) is 5.81. The lowest BCUT2D eigenvalue weighted by Crippen LogP contribution is -2.13. The second kappa shape index (κ2) is 8.05. The van der Waals surface area contributed by atoms with Crippen molar-refractivity contribution < 1.29 is 4.79 Å². The van der Waals surface area contributed by atoms with Gasteiger partial charge in [-0.25, -0.2) is 0 Å². The summed E-state index contributed by atoms with van der Waals surface area (Å²) in [4.78, 5) is 12.1. The van der Waals surface area contributed by atoms with Gasteiger partial charge < -0.3 is 0 Å². The lowest BCUT2D eigenvalue weighted by molar-refractivity contribution is -0.112. The number of nitrogens with one attached hydrogen (secondary N) is 1. The maximum absolute atomic E-state index is 12.1. The minimum atomic E-state index is -0.468. The molecule has 6 heteroatoms. The summed E-state index contributed by atoms with van der Waals surface area (Å²) in [5.41, 5.74) is 0.839. The van der Waals surface area contributed by atoms with Crippen LogP contribution in [0.5, 0.6) is 0 Å². The van der Waals surface area contributed by atoms with Crippen LogP contribution in [0.15, 0.2) is 35.9 Å². The maximum atomic E-state index is 12.1. The lowest BCUT2D eigenvalue weighted by Gasteiger charge is -1.99. The SMILES string of the molecule is CCCCc1nnc(NC(=O)/C(C#N)=C\c2ccccc2)s1. The molecule has 0 aliphatic heterocycles. The third-order valence-corrected chi connectivity index (χ3v) is 3.81. The number of carbonyl (C=O) groups excluding carboxylic acids is 1. The van der Waals surface area contributed by atoms with Crippen LogP contribution in [0.2, 0.25) is 0 Å².